The zero-order chi connectivity index (χ0) is 10.5. The van der Waals surface area contributed by atoms with Crippen molar-refractivity contribution in [2.75, 3.05) is 45.9 Å². The maximum Gasteiger partial charge on any atom is 0.0775 e. The topological polar surface area (TPSA) is 44.7 Å². The monoisotopic (exact) mass is 284 g/mol. The number of nitrogens with zero attached hydrogens (tertiary/aromatic N) is 1. The van der Waals surface area contributed by atoms with Crippen LogP contribution in [0.2, 0.25) is 0 Å². The second-order valence-corrected chi connectivity index (χ2v) is 4.17. The van der Waals surface area contributed by atoms with Crippen LogP contribution in [0.15, 0.2) is 11.6 Å². The maximum atomic E-state index is 9.75. The Hall–Kier alpha value is 0.160. The third kappa shape index (κ3) is 5.55. The number of piperidine rings is 1. The Bertz CT molecular complexity index is 234. The van der Waals surface area contributed by atoms with Gasteiger partial charge >= 0.3 is 0 Å². The Morgan fingerprint density at radius 2 is 2.06 bits per heavy atom. The molecule has 0 spiro atoms. The lowest BCUT2D eigenvalue weighted by atomic mass is 10.0. The fraction of sp³-hybridized carbons (Fsp3) is 0.818. The number of hydrogen-bond donors (Lipinski definition) is 2. The van der Waals surface area contributed by atoms with Gasteiger partial charge in [0.05, 0.1) is 19.3 Å². The predicted octanol–water partition coefficient (Wildman–Crippen LogP) is 0.443. The van der Waals surface area contributed by atoms with Crippen LogP contribution in [0.1, 0.15) is 6.42 Å². The van der Waals surface area contributed by atoms with Crippen molar-refractivity contribution in [2.45, 2.75) is 12.5 Å². The second-order valence-electron chi connectivity index (χ2n) is 4.17. The summed E-state index contributed by atoms with van der Waals surface area (Å²) in [4.78, 5) is 2.36. The normalized spacial score (nSPS) is 28.3. The molecule has 4 nitrogen and oxygen atoms in total. The predicted molar refractivity (Wildman–Crippen MR) is 73.3 cm³/mol. The summed E-state index contributed by atoms with van der Waals surface area (Å²) in [5.41, 5.74) is 1.15. The lowest BCUT2D eigenvalue weighted by Gasteiger charge is -2.27. The minimum Gasteiger partial charge on any atom is -0.389 e. The molecule has 2 rings (SSSR count). The maximum absolute atomic E-state index is 9.75. The summed E-state index contributed by atoms with van der Waals surface area (Å²) in [7, 11) is 0. The van der Waals surface area contributed by atoms with Gasteiger partial charge in [-0.3, -0.25) is 4.90 Å². The van der Waals surface area contributed by atoms with Crippen LogP contribution in [0.4, 0.5) is 0 Å². The van der Waals surface area contributed by atoms with Gasteiger partial charge in [-0.15, -0.1) is 24.8 Å². The fourth-order valence-electron chi connectivity index (χ4n) is 2.01. The van der Waals surface area contributed by atoms with Crippen LogP contribution in [0, 0.1) is 0 Å². The molecular weight excluding hydrogens is 263 g/mol. The molecule has 1 unspecified atom stereocenters. The fourth-order valence-corrected chi connectivity index (χ4v) is 2.01. The summed E-state index contributed by atoms with van der Waals surface area (Å²) in [6.45, 7) is 6.40. The van der Waals surface area contributed by atoms with E-state index in [0.717, 1.165) is 57.9 Å². The van der Waals surface area contributed by atoms with Gasteiger partial charge in [-0.1, -0.05) is 6.08 Å². The second kappa shape index (κ2) is 9.14. The Morgan fingerprint density at radius 1 is 1.35 bits per heavy atom. The highest BCUT2D eigenvalue weighted by molar-refractivity contribution is 5.85. The molecule has 2 aliphatic heterocycles. The van der Waals surface area contributed by atoms with Crippen LogP contribution >= 0.6 is 24.8 Å². The molecule has 0 bridgehead atoms. The first-order chi connectivity index (χ1) is 7.36. The highest BCUT2D eigenvalue weighted by atomic mass is 35.5. The molecule has 0 aliphatic carbocycles. The molecule has 2 fully saturated rings. The van der Waals surface area contributed by atoms with Gasteiger partial charge in [-0.2, -0.15) is 0 Å². The average Bonchev–Trinajstić information content (AvgIpc) is 2.29. The Morgan fingerprint density at radius 3 is 2.71 bits per heavy atom. The van der Waals surface area contributed by atoms with Crippen molar-refractivity contribution in [3.63, 3.8) is 0 Å². The number of morpholine rings is 1. The summed E-state index contributed by atoms with van der Waals surface area (Å²) in [5, 5.41) is 13.0. The number of aliphatic hydroxyl groups excluding tert-OH is 1. The molecule has 17 heavy (non-hydrogen) atoms. The third-order valence-corrected chi connectivity index (χ3v) is 3.07. The number of nitrogens with one attached hydrogen (secondary N) is 1. The third-order valence-electron chi connectivity index (χ3n) is 3.07. The van der Waals surface area contributed by atoms with Crippen molar-refractivity contribution in [3.05, 3.63) is 11.6 Å². The zero-order valence-electron chi connectivity index (χ0n) is 9.93. The van der Waals surface area contributed by atoms with E-state index in [4.69, 9.17) is 4.74 Å². The molecule has 0 radical (unpaired) electrons. The van der Waals surface area contributed by atoms with Crippen LogP contribution in [-0.4, -0.2) is 62.0 Å². The van der Waals surface area contributed by atoms with Gasteiger partial charge in [-0.25, -0.2) is 0 Å². The first kappa shape index (κ1) is 17.2. The van der Waals surface area contributed by atoms with E-state index >= 15 is 0 Å². The van der Waals surface area contributed by atoms with Crippen molar-refractivity contribution < 1.29 is 9.84 Å². The summed E-state index contributed by atoms with van der Waals surface area (Å²) in [6.07, 6.45) is 2.78. The van der Waals surface area contributed by atoms with E-state index in [1.807, 2.05) is 0 Å². The molecular formula is C11H22Cl2N2O2. The Labute approximate surface area is 115 Å². The van der Waals surface area contributed by atoms with Gasteiger partial charge in [0.25, 0.3) is 0 Å². The Kier molecular flexibility index (Phi) is 9.22. The van der Waals surface area contributed by atoms with E-state index in [1.54, 1.807) is 0 Å². The Balaban J connectivity index is 0.00000128. The number of aliphatic hydroxyl groups is 1. The van der Waals surface area contributed by atoms with Gasteiger partial charge in [0.1, 0.15) is 0 Å². The summed E-state index contributed by atoms with van der Waals surface area (Å²) < 4.78 is 5.29. The zero-order valence-corrected chi connectivity index (χ0v) is 11.6. The number of rotatable bonds is 2. The lowest BCUT2D eigenvalue weighted by molar-refractivity contribution is 0.0431. The highest BCUT2D eigenvalue weighted by Crippen LogP contribution is 2.10. The largest absolute Gasteiger partial charge is 0.389 e. The molecule has 2 N–H and O–H groups in total. The molecule has 102 valence electrons. The average molecular weight is 285 g/mol. The molecule has 0 amide bonds. The van der Waals surface area contributed by atoms with Crippen molar-refractivity contribution in [1.82, 2.24) is 10.2 Å². The van der Waals surface area contributed by atoms with Crippen molar-refractivity contribution >= 4 is 24.8 Å². The van der Waals surface area contributed by atoms with Gasteiger partial charge in [0.15, 0.2) is 0 Å². The minimum atomic E-state index is -0.229. The van der Waals surface area contributed by atoms with E-state index in [9.17, 15) is 5.11 Å². The standard InChI is InChI=1S/C11H20N2O2.2ClH/c14-11-1-3-12-9-10(11)2-4-13-5-7-15-8-6-13;;/h2,11-12,14H,1,3-9H2;2*1H/b10-2+;;. The van der Waals surface area contributed by atoms with Gasteiger partial charge in [-0.05, 0) is 18.5 Å². The number of ether oxygens (including phenoxy) is 1. The van der Waals surface area contributed by atoms with E-state index in [0.29, 0.717) is 0 Å². The SMILES string of the molecule is Cl.Cl.OC1CCNC/C1=C\CN1CCOCC1. The number of halogens is 2. The lowest BCUT2D eigenvalue weighted by Crippen LogP contribution is -2.38. The first-order valence-electron chi connectivity index (χ1n) is 5.74. The van der Waals surface area contributed by atoms with Crippen LogP contribution in [-0.2, 0) is 4.74 Å². The summed E-state index contributed by atoms with van der Waals surface area (Å²) >= 11 is 0. The molecule has 0 saturated carbocycles. The van der Waals surface area contributed by atoms with Crippen molar-refractivity contribution in [3.8, 4) is 0 Å². The van der Waals surface area contributed by atoms with Gasteiger partial charge in [0.2, 0.25) is 0 Å². The van der Waals surface area contributed by atoms with E-state index < -0.39 is 0 Å². The highest BCUT2D eigenvalue weighted by Gasteiger charge is 2.16. The molecule has 0 aromatic rings. The molecule has 2 aliphatic rings. The van der Waals surface area contributed by atoms with Crippen LogP contribution in [0.3, 0.4) is 0 Å². The quantitative estimate of drug-likeness (QED) is 0.723. The van der Waals surface area contributed by atoms with E-state index in [2.05, 4.69) is 16.3 Å². The molecule has 2 heterocycles. The molecule has 0 aromatic heterocycles. The van der Waals surface area contributed by atoms with E-state index in [1.165, 1.54) is 0 Å². The molecule has 0 aromatic carbocycles. The molecule has 1 atom stereocenters. The summed E-state index contributed by atoms with van der Waals surface area (Å²) in [5.74, 6) is 0. The van der Waals surface area contributed by atoms with E-state index in [-0.39, 0.29) is 30.9 Å². The molecule has 6 heteroatoms. The first-order valence-corrected chi connectivity index (χ1v) is 5.74. The van der Waals surface area contributed by atoms with Gasteiger partial charge in [0, 0.05) is 26.2 Å². The molecule has 2 saturated heterocycles. The van der Waals surface area contributed by atoms with Crippen molar-refractivity contribution in [1.29, 1.82) is 0 Å². The van der Waals surface area contributed by atoms with Crippen LogP contribution in [0.25, 0.3) is 0 Å². The smallest absolute Gasteiger partial charge is 0.0775 e. The minimum absolute atomic E-state index is 0. The van der Waals surface area contributed by atoms with Crippen LogP contribution < -0.4 is 5.32 Å². The van der Waals surface area contributed by atoms with Crippen molar-refractivity contribution in [2.24, 2.45) is 0 Å². The number of hydrogen-bond acceptors (Lipinski definition) is 4. The van der Waals surface area contributed by atoms with Crippen LogP contribution in [0.5, 0.6) is 0 Å². The summed E-state index contributed by atoms with van der Waals surface area (Å²) in [6, 6.07) is 0. The van der Waals surface area contributed by atoms with Gasteiger partial charge < -0.3 is 15.2 Å².